The third-order valence-corrected chi connectivity index (χ3v) is 4.51. The fourth-order valence-corrected chi connectivity index (χ4v) is 3.14. The lowest BCUT2D eigenvalue weighted by atomic mass is 9.83. The first-order valence-corrected chi connectivity index (χ1v) is 8.90. The standard InChI is InChI=1S/C20H21N3O4/c21-14-20(9-2-1-3-10-20)23-18(24)13-27-16-7-4-6-15(12-16)22-19(25)17-8-5-11-26-17/h4-8,11-12H,1-3,9-10,13H2,(H,22,25)(H,23,24). The van der Waals surface area contributed by atoms with Crippen LogP contribution in [0.15, 0.2) is 47.1 Å². The molecule has 27 heavy (non-hydrogen) atoms. The van der Waals surface area contributed by atoms with Gasteiger partial charge < -0.3 is 19.8 Å². The number of nitrogens with zero attached hydrogens (tertiary/aromatic N) is 1. The third-order valence-electron chi connectivity index (χ3n) is 4.51. The Morgan fingerprint density at radius 2 is 2.00 bits per heavy atom. The molecule has 7 nitrogen and oxygen atoms in total. The van der Waals surface area contributed by atoms with Crippen molar-refractivity contribution >= 4 is 17.5 Å². The van der Waals surface area contributed by atoms with Crippen LogP contribution in [0.25, 0.3) is 0 Å². The van der Waals surface area contributed by atoms with Crippen molar-refractivity contribution in [2.24, 2.45) is 0 Å². The number of hydrogen-bond donors (Lipinski definition) is 2. The van der Waals surface area contributed by atoms with E-state index in [1.54, 1.807) is 36.4 Å². The Bertz CT molecular complexity index is 833. The molecule has 0 unspecified atom stereocenters. The molecule has 7 heteroatoms. The Balaban J connectivity index is 1.54. The van der Waals surface area contributed by atoms with Crippen LogP contribution in [0.2, 0.25) is 0 Å². The molecule has 0 atom stereocenters. The summed E-state index contributed by atoms with van der Waals surface area (Å²) in [7, 11) is 0. The van der Waals surface area contributed by atoms with Crippen molar-refractivity contribution in [3.8, 4) is 11.8 Å². The van der Waals surface area contributed by atoms with Crippen molar-refractivity contribution in [2.45, 2.75) is 37.6 Å². The monoisotopic (exact) mass is 367 g/mol. The van der Waals surface area contributed by atoms with E-state index in [-0.39, 0.29) is 24.2 Å². The number of carbonyl (C=O) groups excluding carboxylic acids is 2. The first kappa shape index (κ1) is 18.5. The first-order valence-electron chi connectivity index (χ1n) is 8.90. The molecule has 0 bridgehead atoms. The Hall–Kier alpha value is -3.27. The van der Waals surface area contributed by atoms with Crippen LogP contribution in [0, 0.1) is 11.3 Å². The van der Waals surface area contributed by atoms with Gasteiger partial charge in [0.1, 0.15) is 11.3 Å². The fraction of sp³-hybridized carbons (Fsp3) is 0.350. The first-order chi connectivity index (χ1) is 13.1. The predicted molar refractivity (Wildman–Crippen MR) is 98.2 cm³/mol. The molecule has 2 amide bonds. The van der Waals surface area contributed by atoms with Gasteiger partial charge in [-0.3, -0.25) is 9.59 Å². The summed E-state index contributed by atoms with van der Waals surface area (Å²) in [6, 6.07) is 12.2. The molecule has 1 aliphatic rings. The molecule has 1 aliphatic carbocycles. The van der Waals surface area contributed by atoms with Gasteiger partial charge in [0.05, 0.1) is 12.3 Å². The van der Waals surface area contributed by atoms with Gasteiger partial charge in [-0.15, -0.1) is 0 Å². The number of ether oxygens (including phenoxy) is 1. The highest BCUT2D eigenvalue weighted by molar-refractivity contribution is 6.02. The number of benzene rings is 1. The maximum atomic E-state index is 12.2. The number of anilines is 1. The van der Waals surface area contributed by atoms with Crippen LogP contribution in [-0.2, 0) is 4.79 Å². The van der Waals surface area contributed by atoms with E-state index in [1.165, 1.54) is 6.26 Å². The highest BCUT2D eigenvalue weighted by atomic mass is 16.5. The zero-order valence-corrected chi connectivity index (χ0v) is 14.9. The molecule has 0 spiro atoms. The quantitative estimate of drug-likeness (QED) is 0.815. The Labute approximate surface area is 157 Å². The smallest absolute Gasteiger partial charge is 0.291 e. The van der Waals surface area contributed by atoms with E-state index in [0.29, 0.717) is 24.3 Å². The Morgan fingerprint density at radius 1 is 1.19 bits per heavy atom. The van der Waals surface area contributed by atoms with Crippen LogP contribution in [0.5, 0.6) is 5.75 Å². The van der Waals surface area contributed by atoms with Crippen molar-refractivity contribution in [1.29, 1.82) is 5.26 Å². The van der Waals surface area contributed by atoms with E-state index >= 15 is 0 Å². The summed E-state index contributed by atoms with van der Waals surface area (Å²) < 4.78 is 10.6. The number of furan rings is 1. The molecule has 3 rings (SSSR count). The van der Waals surface area contributed by atoms with Crippen LogP contribution >= 0.6 is 0 Å². The second kappa shape index (κ2) is 8.41. The van der Waals surface area contributed by atoms with Crippen LogP contribution in [0.3, 0.4) is 0 Å². The molecule has 0 aliphatic heterocycles. The van der Waals surface area contributed by atoms with Gasteiger partial charge in [0, 0.05) is 11.8 Å². The van der Waals surface area contributed by atoms with Crippen molar-refractivity contribution in [1.82, 2.24) is 5.32 Å². The second-order valence-electron chi connectivity index (χ2n) is 6.55. The lowest BCUT2D eigenvalue weighted by Crippen LogP contribution is -2.50. The number of nitriles is 1. The van der Waals surface area contributed by atoms with Crippen molar-refractivity contribution in [2.75, 3.05) is 11.9 Å². The average Bonchev–Trinajstić information content (AvgIpc) is 3.22. The molecule has 1 heterocycles. The summed E-state index contributed by atoms with van der Waals surface area (Å²) in [6.07, 6.45) is 5.73. The van der Waals surface area contributed by atoms with Crippen LogP contribution in [0.1, 0.15) is 42.7 Å². The molecule has 0 saturated heterocycles. The molecule has 2 N–H and O–H groups in total. The van der Waals surface area contributed by atoms with E-state index in [1.807, 2.05) is 0 Å². The maximum absolute atomic E-state index is 12.2. The molecule has 1 saturated carbocycles. The maximum Gasteiger partial charge on any atom is 0.291 e. The van der Waals surface area contributed by atoms with Gasteiger partial charge in [0.25, 0.3) is 11.8 Å². The Morgan fingerprint density at radius 3 is 2.70 bits per heavy atom. The normalized spacial score (nSPS) is 15.4. The second-order valence-corrected chi connectivity index (χ2v) is 6.55. The highest BCUT2D eigenvalue weighted by Crippen LogP contribution is 2.27. The topological polar surface area (TPSA) is 104 Å². The molecule has 1 aromatic carbocycles. The fourth-order valence-electron chi connectivity index (χ4n) is 3.14. The molecule has 0 radical (unpaired) electrons. The van der Waals surface area contributed by atoms with E-state index in [0.717, 1.165) is 19.3 Å². The largest absolute Gasteiger partial charge is 0.484 e. The van der Waals surface area contributed by atoms with Gasteiger partial charge in [0.15, 0.2) is 12.4 Å². The third kappa shape index (κ3) is 4.88. The van der Waals surface area contributed by atoms with Gasteiger partial charge >= 0.3 is 0 Å². The minimum Gasteiger partial charge on any atom is -0.484 e. The summed E-state index contributed by atoms with van der Waals surface area (Å²) in [4.78, 5) is 24.2. The van der Waals surface area contributed by atoms with Crippen LogP contribution in [-0.4, -0.2) is 24.0 Å². The number of carbonyl (C=O) groups is 2. The van der Waals surface area contributed by atoms with Gasteiger partial charge in [-0.05, 0) is 37.1 Å². The van der Waals surface area contributed by atoms with Crippen molar-refractivity contribution < 1.29 is 18.7 Å². The summed E-state index contributed by atoms with van der Waals surface area (Å²) in [5, 5.41) is 14.9. The summed E-state index contributed by atoms with van der Waals surface area (Å²) in [6.45, 7) is -0.195. The number of hydrogen-bond acceptors (Lipinski definition) is 5. The zero-order valence-electron chi connectivity index (χ0n) is 14.9. The minimum atomic E-state index is -0.780. The molecular weight excluding hydrogens is 346 g/mol. The van der Waals surface area contributed by atoms with Gasteiger partial charge in [0.2, 0.25) is 0 Å². The molecular formula is C20H21N3O4. The van der Waals surface area contributed by atoms with Gasteiger partial charge in [-0.2, -0.15) is 5.26 Å². The Kier molecular flexibility index (Phi) is 5.77. The minimum absolute atomic E-state index is 0.195. The number of amides is 2. The van der Waals surface area contributed by atoms with Gasteiger partial charge in [-0.25, -0.2) is 0 Å². The highest BCUT2D eigenvalue weighted by Gasteiger charge is 2.33. The average molecular weight is 367 g/mol. The van der Waals surface area contributed by atoms with Crippen molar-refractivity contribution in [3.63, 3.8) is 0 Å². The summed E-state index contributed by atoms with van der Waals surface area (Å²) in [5.74, 6) is -0.0568. The zero-order chi connectivity index (χ0) is 19.1. The number of rotatable bonds is 6. The predicted octanol–water partition coefficient (Wildman–Crippen LogP) is 3.25. The summed E-state index contributed by atoms with van der Waals surface area (Å²) >= 11 is 0. The molecule has 2 aromatic rings. The lowest BCUT2D eigenvalue weighted by Gasteiger charge is -2.31. The van der Waals surface area contributed by atoms with Crippen LogP contribution < -0.4 is 15.4 Å². The van der Waals surface area contributed by atoms with E-state index in [9.17, 15) is 14.9 Å². The summed E-state index contributed by atoms with van der Waals surface area (Å²) in [5.41, 5.74) is -0.257. The molecule has 140 valence electrons. The van der Waals surface area contributed by atoms with Crippen molar-refractivity contribution in [3.05, 3.63) is 48.4 Å². The SMILES string of the molecule is N#CC1(NC(=O)COc2cccc(NC(=O)c3ccco3)c2)CCCCC1. The van der Waals surface area contributed by atoms with Crippen LogP contribution in [0.4, 0.5) is 5.69 Å². The van der Waals surface area contributed by atoms with E-state index in [2.05, 4.69) is 16.7 Å². The number of nitrogens with one attached hydrogen (secondary N) is 2. The lowest BCUT2D eigenvalue weighted by molar-refractivity contribution is -0.124. The molecule has 1 fully saturated rings. The van der Waals surface area contributed by atoms with E-state index < -0.39 is 5.54 Å². The molecule has 1 aromatic heterocycles. The van der Waals surface area contributed by atoms with Gasteiger partial charge in [-0.1, -0.05) is 25.3 Å². The van der Waals surface area contributed by atoms with E-state index in [4.69, 9.17) is 9.15 Å².